The molecule has 1 aromatic carbocycles. The van der Waals surface area contributed by atoms with Gasteiger partial charge in [0.25, 0.3) is 0 Å². The van der Waals surface area contributed by atoms with Crippen LogP contribution < -0.4 is 5.32 Å². The van der Waals surface area contributed by atoms with Crippen molar-refractivity contribution < 1.29 is 8.78 Å². The first-order valence-electron chi connectivity index (χ1n) is 7.52. The lowest BCUT2D eigenvalue weighted by Gasteiger charge is -2.41. The lowest BCUT2D eigenvalue weighted by molar-refractivity contribution is 0.162. The fourth-order valence-corrected chi connectivity index (χ4v) is 3.31. The average Bonchev–Trinajstić information content (AvgIpc) is 2.38. The standard InChI is InChI=1S/C17H25F2N/c1-11-9-10-13(18)16(15(11)19)20-14-8-6-5-7-12(14)17(2,3)4/h9-10,12,14,20H,5-8H2,1-4H3. The summed E-state index contributed by atoms with van der Waals surface area (Å²) in [6.07, 6.45) is 4.43. The Bertz CT molecular complexity index is 477. The van der Waals surface area contributed by atoms with Crippen molar-refractivity contribution in [3.8, 4) is 0 Å². The molecule has 1 aliphatic carbocycles. The highest BCUT2D eigenvalue weighted by Gasteiger charge is 2.34. The van der Waals surface area contributed by atoms with Crippen LogP contribution in [-0.2, 0) is 0 Å². The molecule has 1 aromatic rings. The smallest absolute Gasteiger partial charge is 0.152 e. The van der Waals surface area contributed by atoms with Crippen molar-refractivity contribution >= 4 is 5.69 Å². The van der Waals surface area contributed by atoms with Gasteiger partial charge in [0.15, 0.2) is 5.82 Å². The van der Waals surface area contributed by atoms with Crippen LogP contribution in [0.5, 0.6) is 0 Å². The number of hydrogen-bond donors (Lipinski definition) is 1. The second-order valence-corrected chi connectivity index (χ2v) is 7.06. The van der Waals surface area contributed by atoms with E-state index in [1.54, 1.807) is 6.92 Å². The molecule has 0 aliphatic heterocycles. The molecule has 2 unspecified atom stereocenters. The van der Waals surface area contributed by atoms with Crippen LogP contribution in [0.4, 0.5) is 14.5 Å². The summed E-state index contributed by atoms with van der Waals surface area (Å²) < 4.78 is 28.0. The second kappa shape index (κ2) is 5.71. The maximum Gasteiger partial charge on any atom is 0.152 e. The molecule has 1 saturated carbocycles. The van der Waals surface area contributed by atoms with Crippen LogP contribution in [0.3, 0.4) is 0 Å². The number of rotatable bonds is 2. The summed E-state index contributed by atoms with van der Waals surface area (Å²) in [5.41, 5.74) is 0.678. The molecule has 3 heteroatoms. The summed E-state index contributed by atoms with van der Waals surface area (Å²) in [6, 6.07) is 2.97. The van der Waals surface area contributed by atoms with Gasteiger partial charge >= 0.3 is 0 Å². The van der Waals surface area contributed by atoms with E-state index in [9.17, 15) is 8.78 Å². The van der Waals surface area contributed by atoms with Crippen molar-refractivity contribution in [2.24, 2.45) is 11.3 Å². The maximum atomic E-state index is 14.1. The molecular formula is C17H25F2N. The van der Waals surface area contributed by atoms with Crippen molar-refractivity contribution in [1.29, 1.82) is 0 Å². The van der Waals surface area contributed by atoms with Gasteiger partial charge in [0.1, 0.15) is 11.5 Å². The van der Waals surface area contributed by atoms with Crippen LogP contribution in [-0.4, -0.2) is 6.04 Å². The molecule has 0 spiro atoms. The number of anilines is 1. The molecule has 1 aliphatic rings. The van der Waals surface area contributed by atoms with E-state index in [2.05, 4.69) is 26.1 Å². The van der Waals surface area contributed by atoms with E-state index < -0.39 is 11.6 Å². The summed E-state index contributed by atoms with van der Waals surface area (Å²) in [5.74, 6) is -0.509. The van der Waals surface area contributed by atoms with Gasteiger partial charge in [-0.05, 0) is 42.7 Å². The van der Waals surface area contributed by atoms with Crippen LogP contribution in [0.25, 0.3) is 0 Å². The summed E-state index contributed by atoms with van der Waals surface area (Å²) in [5, 5.41) is 3.16. The van der Waals surface area contributed by atoms with Crippen molar-refractivity contribution in [1.82, 2.24) is 0 Å². The van der Waals surface area contributed by atoms with E-state index in [-0.39, 0.29) is 17.1 Å². The van der Waals surface area contributed by atoms with E-state index in [0.717, 1.165) is 19.3 Å². The molecule has 1 N–H and O–H groups in total. The predicted molar refractivity (Wildman–Crippen MR) is 79.9 cm³/mol. The minimum atomic E-state index is -0.494. The van der Waals surface area contributed by atoms with Gasteiger partial charge in [0, 0.05) is 6.04 Å². The van der Waals surface area contributed by atoms with Crippen molar-refractivity contribution in [2.75, 3.05) is 5.32 Å². The van der Waals surface area contributed by atoms with E-state index in [4.69, 9.17) is 0 Å². The Balaban J connectivity index is 2.26. The van der Waals surface area contributed by atoms with Gasteiger partial charge < -0.3 is 5.32 Å². The van der Waals surface area contributed by atoms with Gasteiger partial charge in [-0.3, -0.25) is 0 Å². The number of benzene rings is 1. The Labute approximate surface area is 120 Å². The number of aryl methyl sites for hydroxylation is 1. The van der Waals surface area contributed by atoms with Crippen molar-refractivity contribution in [3.63, 3.8) is 0 Å². The SMILES string of the molecule is Cc1ccc(F)c(NC2CCCCC2C(C)(C)C)c1F. The van der Waals surface area contributed by atoms with Gasteiger partial charge in [-0.2, -0.15) is 0 Å². The molecule has 1 nitrogen and oxygen atoms in total. The average molecular weight is 281 g/mol. The first-order valence-corrected chi connectivity index (χ1v) is 7.52. The minimum Gasteiger partial charge on any atom is -0.377 e. The second-order valence-electron chi connectivity index (χ2n) is 7.06. The Morgan fingerprint density at radius 2 is 1.75 bits per heavy atom. The summed E-state index contributed by atoms with van der Waals surface area (Å²) in [6.45, 7) is 8.30. The lowest BCUT2D eigenvalue weighted by atomic mass is 9.69. The highest BCUT2D eigenvalue weighted by molar-refractivity contribution is 5.50. The maximum absolute atomic E-state index is 14.1. The van der Waals surface area contributed by atoms with Gasteiger partial charge in [-0.15, -0.1) is 0 Å². The molecule has 0 bridgehead atoms. The van der Waals surface area contributed by atoms with Crippen molar-refractivity contribution in [2.45, 2.75) is 59.4 Å². The number of hydrogen-bond acceptors (Lipinski definition) is 1. The molecule has 2 rings (SSSR count). The normalized spacial score (nSPS) is 23.7. The van der Waals surface area contributed by atoms with E-state index in [1.807, 2.05) is 0 Å². The number of nitrogens with one attached hydrogen (secondary N) is 1. The molecule has 0 heterocycles. The van der Waals surface area contributed by atoms with Crippen LogP contribution in [0.1, 0.15) is 52.0 Å². The van der Waals surface area contributed by atoms with Crippen LogP contribution in [0, 0.1) is 29.9 Å². The Morgan fingerprint density at radius 3 is 2.40 bits per heavy atom. The third-order valence-electron chi connectivity index (χ3n) is 4.49. The monoisotopic (exact) mass is 281 g/mol. The summed E-state index contributed by atoms with van der Waals surface area (Å²) in [7, 11) is 0. The highest BCUT2D eigenvalue weighted by atomic mass is 19.1. The Kier molecular flexibility index (Phi) is 4.36. The topological polar surface area (TPSA) is 12.0 Å². The Morgan fingerprint density at radius 1 is 1.10 bits per heavy atom. The first-order chi connectivity index (χ1) is 9.30. The molecule has 2 atom stereocenters. The summed E-state index contributed by atoms with van der Waals surface area (Å²) in [4.78, 5) is 0. The predicted octanol–water partition coefficient (Wildman–Crippen LogP) is 5.29. The van der Waals surface area contributed by atoms with Crippen LogP contribution in [0.2, 0.25) is 0 Å². The van der Waals surface area contributed by atoms with Crippen LogP contribution >= 0.6 is 0 Å². The van der Waals surface area contributed by atoms with E-state index >= 15 is 0 Å². The molecule has 0 saturated heterocycles. The zero-order valence-corrected chi connectivity index (χ0v) is 12.9. The fraction of sp³-hybridized carbons (Fsp3) is 0.647. The molecule has 20 heavy (non-hydrogen) atoms. The highest BCUT2D eigenvalue weighted by Crippen LogP contribution is 2.40. The Hall–Kier alpha value is -1.12. The summed E-state index contributed by atoms with van der Waals surface area (Å²) >= 11 is 0. The van der Waals surface area contributed by atoms with Gasteiger partial charge in [-0.25, -0.2) is 8.78 Å². The minimum absolute atomic E-state index is 0.0474. The third kappa shape index (κ3) is 3.13. The molecule has 0 amide bonds. The quantitative estimate of drug-likeness (QED) is 0.776. The lowest BCUT2D eigenvalue weighted by Crippen LogP contribution is -2.40. The number of halogens is 2. The zero-order chi connectivity index (χ0) is 14.9. The van der Waals surface area contributed by atoms with Crippen molar-refractivity contribution in [3.05, 3.63) is 29.3 Å². The third-order valence-corrected chi connectivity index (χ3v) is 4.49. The van der Waals surface area contributed by atoms with Crippen LogP contribution in [0.15, 0.2) is 12.1 Å². The molecule has 0 radical (unpaired) electrons. The first kappa shape index (κ1) is 15.3. The van der Waals surface area contributed by atoms with Gasteiger partial charge in [0.05, 0.1) is 0 Å². The molecular weight excluding hydrogens is 256 g/mol. The zero-order valence-electron chi connectivity index (χ0n) is 12.9. The molecule has 1 fully saturated rings. The molecule has 0 aromatic heterocycles. The molecule has 112 valence electrons. The van der Waals surface area contributed by atoms with E-state index in [1.165, 1.54) is 18.6 Å². The van der Waals surface area contributed by atoms with E-state index in [0.29, 0.717) is 11.5 Å². The fourth-order valence-electron chi connectivity index (χ4n) is 3.31. The van der Waals surface area contributed by atoms with Gasteiger partial charge in [-0.1, -0.05) is 39.7 Å². The largest absolute Gasteiger partial charge is 0.377 e. The van der Waals surface area contributed by atoms with Gasteiger partial charge in [0.2, 0.25) is 0 Å².